The first-order chi connectivity index (χ1) is 8.97. The Morgan fingerprint density at radius 3 is 2.47 bits per heavy atom. The van der Waals surface area contributed by atoms with Crippen LogP contribution in [0.4, 0.5) is 14.5 Å². The van der Waals surface area contributed by atoms with Gasteiger partial charge in [0.25, 0.3) is 0 Å². The minimum absolute atomic E-state index is 0.0614. The molecule has 0 aliphatic heterocycles. The molecule has 2 aromatic rings. The predicted octanol–water partition coefficient (Wildman–Crippen LogP) is 4.65. The van der Waals surface area contributed by atoms with Crippen LogP contribution in [0.25, 0.3) is 0 Å². The van der Waals surface area contributed by atoms with Gasteiger partial charge in [-0.3, -0.25) is 0 Å². The Labute approximate surface area is 125 Å². The van der Waals surface area contributed by atoms with Crippen molar-refractivity contribution in [1.29, 1.82) is 0 Å². The van der Waals surface area contributed by atoms with Crippen molar-refractivity contribution >= 4 is 37.5 Å². The van der Waals surface area contributed by atoms with Gasteiger partial charge in [-0.15, -0.1) is 0 Å². The van der Waals surface area contributed by atoms with Crippen LogP contribution in [0.5, 0.6) is 5.75 Å². The molecule has 0 fully saturated rings. The molecule has 19 heavy (non-hydrogen) atoms. The van der Waals surface area contributed by atoms with Crippen LogP contribution in [0.1, 0.15) is 5.56 Å². The second-order valence-electron chi connectivity index (χ2n) is 3.83. The van der Waals surface area contributed by atoms with Crippen molar-refractivity contribution in [2.45, 2.75) is 6.61 Å². The van der Waals surface area contributed by atoms with E-state index in [0.29, 0.717) is 15.7 Å². The first-order valence-electron chi connectivity index (χ1n) is 5.28. The Morgan fingerprint density at radius 1 is 1.05 bits per heavy atom. The van der Waals surface area contributed by atoms with Crippen molar-refractivity contribution in [3.63, 3.8) is 0 Å². The SMILES string of the molecule is Nc1cc(Br)ccc1COc1cc(Br)cc(F)c1F. The average molecular weight is 393 g/mol. The smallest absolute Gasteiger partial charge is 0.200 e. The van der Waals surface area contributed by atoms with Gasteiger partial charge in [0.05, 0.1) is 0 Å². The van der Waals surface area contributed by atoms with Gasteiger partial charge in [-0.05, 0) is 24.3 Å². The summed E-state index contributed by atoms with van der Waals surface area (Å²) >= 11 is 6.37. The van der Waals surface area contributed by atoms with Crippen LogP contribution in [-0.2, 0) is 6.61 Å². The third kappa shape index (κ3) is 3.45. The lowest BCUT2D eigenvalue weighted by atomic mass is 10.2. The zero-order valence-corrected chi connectivity index (χ0v) is 12.8. The lowest BCUT2D eigenvalue weighted by molar-refractivity contribution is 0.285. The first-order valence-corrected chi connectivity index (χ1v) is 6.87. The Hall–Kier alpha value is -1.14. The van der Waals surface area contributed by atoms with E-state index in [-0.39, 0.29) is 12.4 Å². The van der Waals surface area contributed by atoms with E-state index in [4.69, 9.17) is 10.5 Å². The molecule has 0 aliphatic rings. The molecular formula is C13H9Br2F2NO. The fourth-order valence-corrected chi connectivity index (χ4v) is 2.28. The zero-order chi connectivity index (χ0) is 14.0. The molecule has 0 atom stereocenters. The predicted molar refractivity (Wildman–Crippen MR) is 76.9 cm³/mol. The Balaban J connectivity index is 2.19. The molecular weight excluding hydrogens is 384 g/mol. The number of ether oxygens (including phenoxy) is 1. The highest BCUT2D eigenvalue weighted by Crippen LogP contribution is 2.27. The summed E-state index contributed by atoms with van der Waals surface area (Å²) in [7, 11) is 0. The lowest BCUT2D eigenvalue weighted by Gasteiger charge is -2.10. The number of hydrogen-bond acceptors (Lipinski definition) is 2. The molecule has 2 aromatic carbocycles. The van der Waals surface area contributed by atoms with Crippen LogP contribution in [0, 0.1) is 11.6 Å². The van der Waals surface area contributed by atoms with Gasteiger partial charge in [-0.1, -0.05) is 37.9 Å². The van der Waals surface area contributed by atoms with E-state index in [0.717, 1.165) is 10.5 Å². The molecule has 0 heterocycles. The molecule has 6 heteroatoms. The number of hydrogen-bond donors (Lipinski definition) is 1. The van der Waals surface area contributed by atoms with Gasteiger partial charge in [-0.25, -0.2) is 4.39 Å². The van der Waals surface area contributed by atoms with Crippen molar-refractivity contribution in [1.82, 2.24) is 0 Å². The highest BCUT2D eigenvalue weighted by molar-refractivity contribution is 9.10. The third-order valence-corrected chi connectivity index (χ3v) is 3.40. The van der Waals surface area contributed by atoms with Crippen molar-refractivity contribution in [2.24, 2.45) is 0 Å². The number of benzene rings is 2. The summed E-state index contributed by atoms with van der Waals surface area (Å²) in [6, 6.07) is 7.68. The molecule has 2 rings (SSSR count). The van der Waals surface area contributed by atoms with Crippen LogP contribution in [0.3, 0.4) is 0 Å². The molecule has 0 saturated carbocycles. The molecule has 0 spiro atoms. The zero-order valence-electron chi connectivity index (χ0n) is 9.59. The summed E-state index contributed by atoms with van der Waals surface area (Å²) in [5, 5.41) is 0. The molecule has 100 valence electrons. The van der Waals surface area contributed by atoms with Gasteiger partial charge in [-0.2, -0.15) is 4.39 Å². The van der Waals surface area contributed by atoms with Crippen LogP contribution >= 0.6 is 31.9 Å². The normalized spacial score (nSPS) is 10.5. The molecule has 0 aromatic heterocycles. The van der Waals surface area contributed by atoms with E-state index >= 15 is 0 Å². The van der Waals surface area contributed by atoms with Crippen molar-refractivity contribution in [3.8, 4) is 5.75 Å². The quantitative estimate of drug-likeness (QED) is 0.609. The van der Waals surface area contributed by atoms with Crippen molar-refractivity contribution in [3.05, 3.63) is 56.5 Å². The highest BCUT2D eigenvalue weighted by Gasteiger charge is 2.12. The summed E-state index contributed by atoms with van der Waals surface area (Å²) < 4.78 is 33.2. The van der Waals surface area contributed by atoms with Crippen LogP contribution in [0.2, 0.25) is 0 Å². The number of halogens is 4. The van der Waals surface area contributed by atoms with E-state index in [1.165, 1.54) is 6.07 Å². The lowest BCUT2D eigenvalue weighted by Crippen LogP contribution is -2.02. The summed E-state index contributed by atoms with van der Waals surface area (Å²) in [6.45, 7) is 0.0614. The van der Waals surface area contributed by atoms with Gasteiger partial charge in [0, 0.05) is 20.2 Å². The van der Waals surface area contributed by atoms with Crippen LogP contribution in [0.15, 0.2) is 39.3 Å². The molecule has 2 nitrogen and oxygen atoms in total. The van der Waals surface area contributed by atoms with E-state index in [2.05, 4.69) is 31.9 Å². The van der Waals surface area contributed by atoms with Crippen LogP contribution < -0.4 is 10.5 Å². The van der Waals surface area contributed by atoms with E-state index < -0.39 is 11.6 Å². The fraction of sp³-hybridized carbons (Fsp3) is 0.0769. The maximum atomic E-state index is 13.5. The van der Waals surface area contributed by atoms with Gasteiger partial charge < -0.3 is 10.5 Å². The van der Waals surface area contributed by atoms with Gasteiger partial charge in [0.15, 0.2) is 11.6 Å². The topological polar surface area (TPSA) is 35.2 Å². The Bertz CT molecular complexity index is 620. The van der Waals surface area contributed by atoms with E-state index in [9.17, 15) is 8.78 Å². The Morgan fingerprint density at radius 2 is 1.79 bits per heavy atom. The van der Waals surface area contributed by atoms with Gasteiger partial charge in [0.1, 0.15) is 6.61 Å². The summed E-state index contributed by atoms with van der Waals surface area (Å²) in [5.41, 5.74) is 7.01. The molecule has 0 bridgehead atoms. The fourth-order valence-electron chi connectivity index (χ4n) is 1.49. The number of nitrogen functional groups attached to an aromatic ring is 1. The maximum absolute atomic E-state index is 13.5. The Kier molecular flexibility index (Phi) is 4.42. The molecule has 2 N–H and O–H groups in total. The van der Waals surface area contributed by atoms with E-state index in [1.54, 1.807) is 18.2 Å². The number of nitrogens with two attached hydrogens (primary N) is 1. The van der Waals surface area contributed by atoms with E-state index in [1.807, 2.05) is 0 Å². The number of rotatable bonds is 3. The summed E-state index contributed by atoms with van der Waals surface area (Å²) in [6.07, 6.45) is 0. The second kappa shape index (κ2) is 5.88. The first kappa shape index (κ1) is 14.3. The molecule has 0 radical (unpaired) electrons. The monoisotopic (exact) mass is 391 g/mol. The molecule has 0 aliphatic carbocycles. The maximum Gasteiger partial charge on any atom is 0.200 e. The van der Waals surface area contributed by atoms with Crippen molar-refractivity contribution in [2.75, 3.05) is 5.73 Å². The third-order valence-electron chi connectivity index (χ3n) is 2.45. The van der Waals surface area contributed by atoms with Crippen LogP contribution in [-0.4, -0.2) is 0 Å². The molecule has 0 amide bonds. The van der Waals surface area contributed by atoms with Gasteiger partial charge in [0.2, 0.25) is 5.82 Å². The largest absolute Gasteiger partial charge is 0.486 e. The summed E-state index contributed by atoms with van der Waals surface area (Å²) in [4.78, 5) is 0. The van der Waals surface area contributed by atoms with Crippen molar-refractivity contribution < 1.29 is 13.5 Å². The average Bonchev–Trinajstić information content (AvgIpc) is 2.33. The standard InChI is InChI=1S/C13H9Br2F2NO/c14-8-2-1-7(11(18)4-8)6-19-12-5-9(15)3-10(16)13(12)17/h1-5H,6,18H2. The second-order valence-corrected chi connectivity index (χ2v) is 5.66. The summed E-state index contributed by atoms with van der Waals surface area (Å²) in [5.74, 6) is -2.14. The number of anilines is 1. The minimum atomic E-state index is -1.01. The highest BCUT2D eigenvalue weighted by atomic mass is 79.9. The molecule has 0 unspecified atom stereocenters. The van der Waals surface area contributed by atoms with Gasteiger partial charge >= 0.3 is 0 Å². The molecule has 0 saturated heterocycles. The minimum Gasteiger partial charge on any atom is -0.486 e.